The highest BCUT2D eigenvalue weighted by molar-refractivity contribution is 5.97. The molecule has 0 spiro atoms. The van der Waals surface area contributed by atoms with E-state index in [-0.39, 0.29) is 18.1 Å². The van der Waals surface area contributed by atoms with Crippen LogP contribution in [0.2, 0.25) is 0 Å². The maximum atomic E-state index is 13.3. The third-order valence-corrected chi connectivity index (χ3v) is 5.70. The van der Waals surface area contributed by atoms with Crippen molar-refractivity contribution in [3.63, 3.8) is 0 Å². The highest BCUT2D eigenvalue weighted by Gasteiger charge is 2.39. The van der Waals surface area contributed by atoms with Gasteiger partial charge in [-0.15, -0.1) is 0 Å². The van der Waals surface area contributed by atoms with Gasteiger partial charge in [0.25, 0.3) is 0 Å². The quantitative estimate of drug-likeness (QED) is 0.642. The monoisotopic (exact) mass is 392 g/mol. The number of carboxylic acids is 1. The van der Waals surface area contributed by atoms with E-state index in [1.54, 1.807) is 17.5 Å². The molecule has 1 aromatic carbocycles. The van der Waals surface area contributed by atoms with Gasteiger partial charge in [0.15, 0.2) is 17.2 Å². The molecule has 0 radical (unpaired) electrons. The van der Waals surface area contributed by atoms with E-state index < -0.39 is 11.9 Å². The smallest absolute Gasteiger partial charge is 0.307 e. The van der Waals surface area contributed by atoms with Crippen molar-refractivity contribution in [3.05, 3.63) is 64.6 Å². The first-order valence-corrected chi connectivity index (χ1v) is 9.86. The topological polar surface area (TPSA) is 80.9 Å². The number of carboxylic acid groups (broad SMARTS) is 1. The number of hydrogen-bond donors (Lipinski definition) is 1. The van der Waals surface area contributed by atoms with Crippen molar-refractivity contribution in [2.24, 2.45) is 5.92 Å². The molecule has 0 fully saturated rings. The van der Waals surface area contributed by atoms with Crippen LogP contribution in [-0.2, 0) is 11.2 Å². The number of carbonyl (C=O) groups excluding carboxylic acids is 1. The third kappa shape index (κ3) is 3.28. The molecular weight excluding hydrogens is 368 g/mol. The molecular formula is C23H24N2O4. The first-order chi connectivity index (χ1) is 13.9. The van der Waals surface area contributed by atoms with E-state index in [0.717, 1.165) is 16.7 Å². The van der Waals surface area contributed by atoms with E-state index in [9.17, 15) is 14.7 Å². The summed E-state index contributed by atoms with van der Waals surface area (Å²) in [4.78, 5) is 29.7. The van der Waals surface area contributed by atoms with Gasteiger partial charge < -0.3 is 9.84 Å². The molecule has 0 bridgehead atoms. The van der Waals surface area contributed by atoms with Crippen LogP contribution in [0.25, 0.3) is 5.65 Å². The predicted octanol–water partition coefficient (Wildman–Crippen LogP) is 3.96. The zero-order valence-corrected chi connectivity index (χ0v) is 16.8. The normalized spacial score (nSPS) is 18.0. The minimum Gasteiger partial charge on any atom is -0.490 e. The van der Waals surface area contributed by atoms with Crippen LogP contribution >= 0.6 is 0 Å². The van der Waals surface area contributed by atoms with Crippen molar-refractivity contribution >= 4 is 17.4 Å². The third-order valence-electron chi connectivity index (χ3n) is 5.70. The van der Waals surface area contributed by atoms with Crippen LogP contribution in [0.4, 0.5) is 0 Å². The number of aliphatic carboxylic acids is 1. The number of hydrogen-bond acceptors (Lipinski definition) is 4. The number of Topliss-reactive ketones (excluding diaryl/α,β-unsaturated/α-hetero) is 1. The number of ketones is 1. The van der Waals surface area contributed by atoms with E-state index in [1.165, 1.54) is 0 Å². The van der Waals surface area contributed by atoms with E-state index in [4.69, 9.17) is 4.74 Å². The number of benzene rings is 1. The fraction of sp³-hybridized carbons (Fsp3) is 0.348. The first-order valence-electron chi connectivity index (χ1n) is 9.86. The van der Waals surface area contributed by atoms with Crippen LogP contribution in [-0.4, -0.2) is 32.9 Å². The molecule has 1 aliphatic rings. The van der Waals surface area contributed by atoms with Gasteiger partial charge >= 0.3 is 5.97 Å². The second-order valence-electron chi connectivity index (χ2n) is 7.63. The Hall–Kier alpha value is -3.15. The number of rotatable bonds is 6. The fourth-order valence-electron chi connectivity index (χ4n) is 4.44. The largest absolute Gasteiger partial charge is 0.490 e. The molecule has 2 heterocycles. The van der Waals surface area contributed by atoms with Crippen molar-refractivity contribution in [3.8, 4) is 5.75 Å². The van der Waals surface area contributed by atoms with Gasteiger partial charge in [-0.05, 0) is 50.5 Å². The molecule has 0 saturated heterocycles. The molecule has 6 heteroatoms. The lowest BCUT2D eigenvalue weighted by Crippen LogP contribution is -2.21. The van der Waals surface area contributed by atoms with E-state index in [2.05, 4.69) is 4.98 Å². The van der Waals surface area contributed by atoms with Gasteiger partial charge in [-0.2, -0.15) is 0 Å². The summed E-state index contributed by atoms with van der Waals surface area (Å²) in [6.07, 6.45) is 2.40. The number of aromatic nitrogens is 2. The standard InChI is InChI=1S/C23H24N2O4/c1-4-29-20-6-5-9-25-21(14(3)24-22(20)25)19(26)12-17-16-8-7-13(2)10-15(16)11-18(17)23(27)28/h5-10,17-18H,4,11-12H2,1-3H3,(H,27,28)/t17-,18-/m1/s1. The summed E-state index contributed by atoms with van der Waals surface area (Å²) in [6.45, 7) is 6.20. The average Bonchev–Trinajstić information content (AvgIpc) is 3.19. The molecule has 0 unspecified atom stereocenters. The van der Waals surface area contributed by atoms with Gasteiger partial charge in [0.1, 0.15) is 5.69 Å². The van der Waals surface area contributed by atoms with Gasteiger partial charge in [0.2, 0.25) is 0 Å². The lowest BCUT2D eigenvalue weighted by Gasteiger charge is -2.16. The highest BCUT2D eigenvalue weighted by Crippen LogP contribution is 2.41. The molecule has 4 rings (SSSR count). The number of nitrogens with zero attached hydrogens (tertiary/aromatic N) is 2. The zero-order valence-electron chi connectivity index (χ0n) is 16.8. The van der Waals surface area contributed by atoms with Crippen LogP contribution < -0.4 is 4.74 Å². The summed E-state index contributed by atoms with van der Waals surface area (Å²) in [7, 11) is 0. The van der Waals surface area contributed by atoms with Crippen LogP contribution in [0.5, 0.6) is 5.75 Å². The summed E-state index contributed by atoms with van der Waals surface area (Å²) >= 11 is 0. The summed E-state index contributed by atoms with van der Waals surface area (Å²) in [5.74, 6) is -1.26. The number of pyridine rings is 1. The molecule has 6 nitrogen and oxygen atoms in total. The zero-order chi connectivity index (χ0) is 20.7. The Morgan fingerprint density at radius 2 is 2.07 bits per heavy atom. The SMILES string of the molecule is CCOc1cccn2c(C(=O)C[C@@H]3c4ccc(C)cc4C[C@H]3C(=O)O)c(C)nc12. The molecule has 150 valence electrons. The van der Waals surface area contributed by atoms with Crippen LogP contribution in [0, 0.1) is 19.8 Å². The Labute approximate surface area is 169 Å². The Balaban J connectivity index is 1.72. The molecule has 29 heavy (non-hydrogen) atoms. The van der Waals surface area contributed by atoms with Gasteiger partial charge in [-0.25, -0.2) is 4.98 Å². The number of aryl methyl sites for hydroxylation is 2. The number of carbonyl (C=O) groups is 2. The number of ether oxygens (including phenoxy) is 1. The molecule has 1 N–H and O–H groups in total. The molecule has 2 atom stereocenters. The second-order valence-corrected chi connectivity index (χ2v) is 7.63. The maximum absolute atomic E-state index is 13.3. The van der Waals surface area contributed by atoms with Gasteiger partial charge in [-0.3, -0.25) is 14.0 Å². The van der Waals surface area contributed by atoms with Crippen molar-refractivity contribution in [1.29, 1.82) is 0 Å². The molecule has 0 saturated carbocycles. The minimum absolute atomic E-state index is 0.103. The van der Waals surface area contributed by atoms with Crippen molar-refractivity contribution < 1.29 is 19.4 Å². The Morgan fingerprint density at radius 1 is 1.28 bits per heavy atom. The summed E-state index contributed by atoms with van der Waals surface area (Å²) in [6, 6.07) is 9.64. The summed E-state index contributed by atoms with van der Waals surface area (Å²) in [5, 5.41) is 9.74. The predicted molar refractivity (Wildman–Crippen MR) is 109 cm³/mol. The van der Waals surface area contributed by atoms with Crippen LogP contribution in [0.3, 0.4) is 0 Å². The van der Waals surface area contributed by atoms with E-state index in [1.807, 2.05) is 44.2 Å². The van der Waals surface area contributed by atoms with Crippen LogP contribution in [0.1, 0.15) is 52.1 Å². The van der Waals surface area contributed by atoms with E-state index in [0.29, 0.717) is 35.8 Å². The number of imidazole rings is 1. The number of fused-ring (bicyclic) bond motifs is 2. The fourth-order valence-corrected chi connectivity index (χ4v) is 4.44. The maximum Gasteiger partial charge on any atom is 0.307 e. The Kier molecular flexibility index (Phi) is 4.86. The molecule has 1 aliphatic carbocycles. The summed E-state index contributed by atoms with van der Waals surface area (Å²) < 4.78 is 7.39. The lowest BCUT2D eigenvalue weighted by molar-refractivity contribution is -0.142. The first kappa shape index (κ1) is 19.2. The van der Waals surface area contributed by atoms with Crippen molar-refractivity contribution in [1.82, 2.24) is 9.38 Å². The molecule has 0 aliphatic heterocycles. The average molecular weight is 392 g/mol. The van der Waals surface area contributed by atoms with Gasteiger partial charge in [0, 0.05) is 18.5 Å². The van der Waals surface area contributed by atoms with Crippen molar-refractivity contribution in [2.45, 2.75) is 39.5 Å². The van der Waals surface area contributed by atoms with Crippen LogP contribution in [0.15, 0.2) is 36.5 Å². The lowest BCUT2D eigenvalue weighted by atomic mass is 9.87. The molecule has 3 aromatic rings. The minimum atomic E-state index is -0.856. The van der Waals surface area contributed by atoms with Gasteiger partial charge in [0.05, 0.1) is 18.2 Å². The second kappa shape index (κ2) is 7.35. The highest BCUT2D eigenvalue weighted by atomic mass is 16.5. The van der Waals surface area contributed by atoms with Gasteiger partial charge in [-0.1, -0.05) is 23.8 Å². The van der Waals surface area contributed by atoms with E-state index >= 15 is 0 Å². The molecule has 2 aromatic heterocycles. The molecule has 0 amide bonds. The Bertz CT molecular complexity index is 1120. The Morgan fingerprint density at radius 3 is 2.79 bits per heavy atom. The van der Waals surface area contributed by atoms with Crippen molar-refractivity contribution in [2.75, 3.05) is 6.61 Å². The summed E-state index contributed by atoms with van der Waals surface area (Å²) in [5.41, 5.74) is 4.82.